The molecule has 19 heavy (non-hydrogen) atoms. The molecule has 0 aliphatic heterocycles. The molecular formula is C15H15NO2S. The van der Waals surface area contributed by atoms with E-state index in [2.05, 4.69) is 37.0 Å². The molecule has 2 aromatic rings. The van der Waals surface area contributed by atoms with Gasteiger partial charge >= 0.3 is 5.97 Å². The Morgan fingerprint density at radius 1 is 1.21 bits per heavy atom. The molecule has 2 rings (SSSR count). The van der Waals surface area contributed by atoms with Crippen LogP contribution in [0.25, 0.3) is 0 Å². The van der Waals surface area contributed by atoms with Crippen LogP contribution >= 0.6 is 11.8 Å². The van der Waals surface area contributed by atoms with Crippen molar-refractivity contribution in [2.75, 3.05) is 0 Å². The lowest BCUT2D eigenvalue weighted by molar-refractivity contribution is 0.0690. The van der Waals surface area contributed by atoms with Crippen LogP contribution in [0.4, 0.5) is 0 Å². The van der Waals surface area contributed by atoms with Gasteiger partial charge in [-0.05, 0) is 49.2 Å². The highest BCUT2D eigenvalue weighted by molar-refractivity contribution is 7.98. The van der Waals surface area contributed by atoms with E-state index in [4.69, 9.17) is 5.11 Å². The SMILES string of the molecule is Cc1ccc(SCc2cccc(C(=O)O)n2)cc1C. The molecule has 0 spiro atoms. The summed E-state index contributed by atoms with van der Waals surface area (Å²) < 4.78 is 0. The summed E-state index contributed by atoms with van der Waals surface area (Å²) in [5.74, 6) is -0.318. The molecule has 0 amide bonds. The highest BCUT2D eigenvalue weighted by atomic mass is 32.2. The first-order chi connectivity index (χ1) is 9.06. The second-order valence-corrected chi connectivity index (χ2v) is 5.40. The van der Waals surface area contributed by atoms with Crippen LogP contribution in [0.2, 0.25) is 0 Å². The fraction of sp³-hybridized carbons (Fsp3) is 0.200. The Hall–Kier alpha value is -1.81. The van der Waals surface area contributed by atoms with Crippen LogP contribution < -0.4 is 0 Å². The van der Waals surface area contributed by atoms with Gasteiger partial charge < -0.3 is 5.11 Å². The van der Waals surface area contributed by atoms with Crippen LogP contribution in [-0.4, -0.2) is 16.1 Å². The molecule has 0 bridgehead atoms. The van der Waals surface area contributed by atoms with Crippen LogP contribution in [-0.2, 0) is 5.75 Å². The van der Waals surface area contributed by atoms with Crippen LogP contribution in [0.15, 0.2) is 41.3 Å². The summed E-state index contributed by atoms with van der Waals surface area (Å²) >= 11 is 1.66. The molecule has 0 saturated heterocycles. The number of hydrogen-bond donors (Lipinski definition) is 1. The summed E-state index contributed by atoms with van der Waals surface area (Å²) in [6.07, 6.45) is 0. The quantitative estimate of drug-likeness (QED) is 0.863. The fourth-order valence-electron chi connectivity index (χ4n) is 1.64. The van der Waals surface area contributed by atoms with E-state index in [1.54, 1.807) is 17.8 Å². The number of thioether (sulfide) groups is 1. The van der Waals surface area contributed by atoms with Crippen molar-refractivity contribution < 1.29 is 9.90 Å². The predicted octanol–water partition coefficient (Wildman–Crippen LogP) is 3.69. The van der Waals surface area contributed by atoms with Gasteiger partial charge in [0.15, 0.2) is 0 Å². The van der Waals surface area contributed by atoms with E-state index >= 15 is 0 Å². The molecule has 98 valence electrons. The smallest absolute Gasteiger partial charge is 0.354 e. The summed E-state index contributed by atoms with van der Waals surface area (Å²) in [6.45, 7) is 4.17. The van der Waals surface area contributed by atoms with Gasteiger partial charge in [0.1, 0.15) is 5.69 Å². The second-order valence-electron chi connectivity index (χ2n) is 4.35. The first-order valence-electron chi connectivity index (χ1n) is 5.95. The van der Waals surface area contributed by atoms with Gasteiger partial charge in [-0.2, -0.15) is 0 Å². The zero-order valence-corrected chi connectivity index (χ0v) is 11.7. The molecule has 1 aromatic carbocycles. The number of pyridine rings is 1. The minimum absolute atomic E-state index is 0.0955. The first-order valence-corrected chi connectivity index (χ1v) is 6.94. The average Bonchev–Trinajstić information content (AvgIpc) is 2.40. The van der Waals surface area contributed by atoms with Crippen LogP contribution in [0, 0.1) is 13.8 Å². The maximum Gasteiger partial charge on any atom is 0.354 e. The zero-order valence-electron chi connectivity index (χ0n) is 10.9. The Morgan fingerprint density at radius 2 is 2.00 bits per heavy atom. The maximum absolute atomic E-state index is 10.8. The monoisotopic (exact) mass is 273 g/mol. The lowest BCUT2D eigenvalue weighted by atomic mass is 10.1. The molecule has 0 aliphatic rings. The van der Waals surface area contributed by atoms with E-state index in [0.717, 1.165) is 5.69 Å². The Kier molecular flexibility index (Phi) is 4.22. The molecule has 0 aliphatic carbocycles. The number of hydrogen-bond acceptors (Lipinski definition) is 3. The van der Waals surface area contributed by atoms with Gasteiger partial charge in [0.25, 0.3) is 0 Å². The fourth-order valence-corrected chi connectivity index (χ4v) is 2.54. The van der Waals surface area contributed by atoms with Gasteiger partial charge in [-0.15, -0.1) is 11.8 Å². The number of carboxylic acid groups (broad SMARTS) is 1. The van der Waals surface area contributed by atoms with Crippen molar-refractivity contribution in [3.63, 3.8) is 0 Å². The van der Waals surface area contributed by atoms with Crippen molar-refractivity contribution in [1.82, 2.24) is 4.98 Å². The van der Waals surface area contributed by atoms with Crippen LogP contribution in [0.3, 0.4) is 0 Å². The van der Waals surface area contributed by atoms with Crippen molar-refractivity contribution in [3.05, 3.63) is 58.9 Å². The third-order valence-corrected chi connectivity index (χ3v) is 3.92. The molecule has 0 atom stereocenters. The highest BCUT2D eigenvalue weighted by Crippen LogP contribution is 2.24. The molecule has 0 unspecified atom stereocenters. The second kappa shape index (κ2) is 5.89. The normalized spacial score (nSPS) is 10.4. The van der Waals surface area contributed by atoms with Crippen molar-refractivity contribution in [2.45, 2.75) is 24.5 Å². The number of aromatic carboxylic acids is 1. The van der Waals surface area contributed by atoms with E-state index in [0.29, 0.717) is 5.75 Å². The lowest BCUT2D eigenvalue weighted by Crippen LogP contribution is -2.01. The number of carboxylic acids is 1. The zero-order chi connectivity index (χ0) is 13.8. The molecular weight excluding hydrogens is 258 g/mol. The Bertz CT molecular complexity index is 611. The van der Waals surface area contributed by atoms with E-state index in [9.17, 15) is 4.79 Å². The van der Waals surface area contributed by atoms with Crippen molar-refractivity contribution in [2.24, 2.45) is 0 Å². The number of benzene rings is 1. The minimum atomic E-state index is -0.988. The molecule has 1 aromatic heterocycles. The topological polar surface area (TPSA) is 50.2 Å². The number of rotatable bonds is 4. The van der Waals surface area contributed by atoms with Gasteiger partial charge in [0.2, 0.25) is 0 Å². The van der Waals surface area contributed by atoms with Crippen LogP contribution in [0.5, 0.6) is 0 Å². The number of nitrogens with zero attached hydrogens (tertiary/aromatic N) is 1. The van der Waals surface area contributed by atoms with Gasteiger partial charge in [-0.3, -0.25) is 0 Å². The Balaban J connectivity index is 2.07. The molecule has 1 N–H and O–H groups in total. The van der Waals surface area contributed by atoms with Crippen molar-refractivity contribution in [1.29, 1.82) is 0 Å². The van der Waals surface area contributed by atoms with Gasteiger partial charge in [-0.1, -0.05) is 12.1 Å². The molecule has 0 saturated carbocycles. The third kappa shape index (κ3) is 3.58. The third-order valence-electron chi connectivity index (χ3n) is 2.89. The van der Waals surface area contributed by atoms with Crippen molar-refractivity contribution in [3.8, 4) is 0 Å². The Morgan fingerprint density at radius 3 is 2.68 bits per heavy atom. The number of aromatic nitrogens is 1. The summed E-state index contributed by atoms with van der Waals surface area (Å²) in [6, 6.07) is 11.4. The highest BCUT2D eigenvalue weighted by Gasteiger charge is 2.05. The number of carbonyl (C=O) groups is 1. The minimum Gasteiger partial charge on any atom is -0.477 e. The summed E-state index contributed by atoms with van der Waals surface area (Å²) in [7, 11) is 0. The van der Waals surface area contributed by atoms with E-state index < -0.39 is 5.97 Å². The maximum atomic E-state index is 10.8. The van der Waals surface area contributed by atoms with Crippen LogP contribution in [0.1, 0.15) is 27.3 Å². The van der Waals surface area contributed by atoms with E-state index in [1.165, 1.54) is 22.1 Å². The molecule has 1 heterocycles. The summed E-state index contributed by atoms with van der Waals surface area (Å²) in [5.41, 5.74) is 3.41. The molecule has 3 nitrogen and oxygen atoms in total. The van der Waals surface area contributed by atoms with Crippen molar-refractivity contribution >= 4 is 17.7 Å². The van der Waals surface area contributed by atoms with Gasteiger partial charge in [-0.25, -0.2) is 9.78 Å². The van der Waals surface area contributed by atoms with E-state index in [1.807, 2.05) is 6.07 Å². The standard InChI is InChI=1S/C15H15NO2S/c1-10-6-7-13(8-11(10)2)19-9-12-4-3-5-14(16-12)15(17)18/h3-8H,9H2,1-2H3,(H,17,18). The Labute approximate surface area is 116 Å². The molecule has 0 radical (unpaired) electrons. The summed E-state index contributed by atoms with van der Waals surface area (Å²) in [4.78, 5) is 16.1. The van der Waals surface area contributed by atoms with Gasteiger partial charge in [0.05, 0.1) is 5.69 Å². The number of aryl methyl sites for hydroxylation is 2. The lowest BCUT2D eigenvalue weighted by Gasteiger charge is -2.05. The summed E-state index contributed by atoms with van der Waals surface area (Å²) in [5, 5.41) is 8.89. The molecule has 0 fully saturated rings. The average molecular weight is 273 g/mol. The molecule has 4 heteroatoms. The largest absolute Gasteiger partial charge is 0.477 e. The van der Waals surface area contributed by atoms with E-state index in [-0.39, 0.29) is 5.69 Å². The predicted molar refractivity (Wildman–Crippen MR) is 76.7 cm³/mol. The van der Waals surface area contributed by atoms with Gasteiger partial charge in [0, 0.05) is 10.6 Å². The first kappa shape index (κ1) is 13.6.